The van der Waals surface area contributed by atoms with Crippen LogP contribution in [0.25, 0.3) is 0 Å². The van der Waals surface area contributed by atoms with Crippen LogP contribution in [0.5, 0.6) is 0 Å². The molecule has 0 fully saturated rings. The normalized spacial score (nSPS) is 12.8. The molecule has 0 aromatic carbocycles. The number of carbonyl (C=O) groups is 1. The summed E-state index contributed by atoms with van der Waals surface area (Å²) >= 11 is 0. The Bertz CT molecular complexity index is 452. The molecule has 0 aromatic rings. The maximum Gasteiger partial charge on any atom is 1.00 e. The zero-order chi connectivity index (χ0) is 20.4. The van der Waals surface area contributed by atoms with Gasteiger partial charge >= 0.3 is 43.3 Å². The average Bonchev–Trinajstić information content (AvgIpc) is 2.65. The van der Waals surface area contributed by atoms with E-state index in [1.54, 1.807) is 6.92 Å². The summed E-state index contributed by atoms with van der Waals surface area (Å²) in [5, 5.41) is 8.75. The Hall–Kier alpha value is 0.280. The molecule has 0 amide bonds. The van der Waals surface area contributed by atoms with E-state index in [0.717, 1.165) is 19.3 Å². The van der Waals surface area contributed by atoms with E-state index >= 15 is 0 Å². The molecule has 0 heterocycles. The molecule has 1 unspecified atom stereocenters. The minimum atomic E-state index is -3.96. The van der Waals surface area contributed by atoms with Crippen LogP contribution >= 0.6 is 7.82 Å². The van der Waals surface area contributed by atoms with E-state index in [1.807, 2.05) is 0 Å². The van der Waals surface area contributed by atoms with E-state index in [0.29, 0.717) is 12.0 Å². The van der Waals surface area contributed by atoms with Gasteiger partial charge < -0.3 is 6.16 Å². The fraction of sp³-hybridized carbons (Fsp3) is 0.842. The Morgan fingerprint density at radius 3 is 1.82 bits per heavy atom. The van der Waals surface area contributed by atoms with Crippen molar-refractivity contribution in [2.24, 2.45) is 0 Å². The van der Waals surface area contributed by atoms with E-state index in [4.69, 9.17) is 19.0 Å². The third kappa shape index (κ3) is 18.3. The molecule has 1 atom stereocenters. The number of phosphoric ester groups is 1. The van der Waals surface area contributed by atoms with Crippen molar-refractivity contribution in [3.63, 3.8) is 0 Å². The monoisotopic (exact) mass is 432 g/mol. The zero-order valence-electron chi connectivity index (χ0n) is 19.0. The first-order chi connectivity index (χ1) is 12.9. The molecular weight excluding hydrogens is 394 g/mol. The third-order valence-electron chi connectivity index (χ3n) is 3.97. The van der Waals surface area contributed by atoms with Gasteiger partial charge in [-0.15, -0.1) is 4.67 Å². The first-order valence-electron chi connectivity index (χ1n) is 10.00. The van der Waals surface area contributed by atoms with Gasteiger partial charge in [-0.1, -0.05) is 71.3 Å². The minimum Gasteiger partial charge on any atom is -1.00 e. The Labute approximate surface area is 193 Å². The van der Waals surface area contributed by atoms with Crippen molar-refractivity contribution < 1.29 is 64.1 Å². The quantitative estimate of drug-likeness (QED) is 0.0638. The summed E-state index contributed by atoms with van der Waals surface area (Å²) in [4.78, 5) is 11.2. The van der Waals surface area contributed by atoms with Crippen molar-refractivity contribution in [2.75, 3.05) is 19.8 Å². The summed E-state index contributed by atoms with van der Waals surface area (Å²) in [6.45, 7) is 7.49. The minimum absolute atomic E-state index is 0. The second-order valence-corrected chi connectivity index (χ2v) is 8.22. The predicted octanol–water partition coefficient (Wildman–Crippen LogP) is 3.16. The van der Waals surface area contributed by atoms with Gasteiger partial charge in [0.1, 0.15) is 0 Å². The molecule has 0 saturated carbocycles. The van der Waals surface area contributed by atoms with E-state index in [1.165, 1.54) is 44.9 Å². The number of ether oxygens (including phenoxy) is 1. The molecule has 0 aliphatic carbocycles. The molecule has 162 valence electrons. The second-order valence-electron chi connectivity index (χ2n) is 6.65. The second kappa shape index (κ2) is 20.5. The average molecular weight is 432 g/mol. The van der Waals surface area contributed by atoms with Crippen LogP contribution in [0, 0.1) is 0 Å². The Morgan fingerprint density at radius 2 is 1.36 bits per heavy atom. The summed E-state index contributed by atoms with van der Waals surface area (Å²) in [6, 6.07) is 0. The first-order valence-corrected chi connectivity index (χ1v) is 11.5. The molecule has 0 rings (SSSR count). The number of rotatable bonds is 19. The van der Waals surface area contributed by atoms with Gasteiger partial charge in [0.25, 0.3) is 0 Å². The van der Waals surface area contributed by atoms with Crippen molar-refractivity contribution in [3.05, 3.63) is 12.2 Å². The maximum absolute atomic E-state index is 12.0. The molecule has 0 radical (unpaired) electrons. The Balaban J connectivity index is -0.00000338. The molecule has 0 aromatic heterocycles. The van der Waals surface area contributed by atoms with E-state index < -0.39 is 13.8 Å². The van der Waals surface area contributed by atoms with Crippen LogP contribution in [-0.2, 0) is 27.8 Å². The summed E-state index contributed by atoms with van der Waals surface area (Å²) in [5.41, 5.74) is 0.306. The van der Waals surface area contributed by atoms with Gasteiger partial charge in [-0.25, -0.2) is 14.6 Å². The van der Waals surface area contributed by atoms with Crippen molar-refractivity contribution >= 4 is 13.8 Å². The Morgan fingerprint density at radius 1 is 0.893 bits per heavy atom. The Kier molecular flexibility index (Phi) is 22.4. The van der Waals surface area contributed by atoms with E-state index in [2.05, 4.69) is 18.2 Å². The van der Waals surface area contributed by atoms with Crippen molar-refractivity contribution in [2.45, 2.75) is 84.5 Å². The molecule has 0 saturated heterocycles. The number of carbonyl (C=O) groups excluding carboxylic acids is 1. The van der Waals surface area contributed by atoms with Gasteiger partial charge in [0, 0.05) is 12.0 Å². The van der Waals surface area contributed by atoms with Gasteiger partial charge in [0.2, 0.25) is 0 Å². The fourth-order valence-electron chi connectivity index (χ4n) is 2.37. The number of esters is 1. The van der Waals surface area contributed by atoms with Crippen LogP contribution < -0.4 is 29.6 Å². The molecule has 0 bridgehead atoms. The van der Waals surface area contributed by atoms with Crippen LogP contribution in [0.15, 0.2) is 12.2 Å². The van der Waals surface area contributed by atoms with Crippen LogP contribution in [-0.4, -0.2) is 31.0 Å². The largest absolute Gasteiger partial charge is 1.00 e. The summed E-state index contributed by atoms with van der Waals surface area (Å²) in [5.74, 6) is -0.492. The number of hydrogen-bond donors (Lipinski definition) is 1. The van der Waals surface area contributed by atoms with Crippen molar-refractivity contribution in [1.82, 2.24) is 0 Å². The molecule has 0 spiro atoms. The predicted molar refractivity (Wildman–Crippen MR) is 107 cm³/mol. The summed E-state index contributed by atoms with van der Waals surface area (Å²) in [7, 11) is -3.96. The van der Waals surface area contributed by atoms with Gasteiger partial charge in [-0.3, -0.25) is 9.05 Å². The number of hydrogen-bond acceptors (Lipinski definition) is 7. The standard InChI is InChI=1S/C19H37O7P.Na.H/c1-4-5-6-7-8-9-10-11-12-13-16-24-27(22,26-21)25-17-14-15-23-19(20)18(2)3;;/h21H,2,4-17H2,1,3H3;;/q;+1;-1. The molecular formula is C19H38NaO7P. The molecule has 9 heteroatoms. The molecule has 0 aliphatic rings. The summed E-state index contributed by atoms with van der Waals surface area (Å²) < 4.78 is 30.8. The van der Waals surface area contributed by atoms with Crippen LogP contribution in [0.1, 0.15) is 85.9 Å². The van der Waals surface area contributed by atoms with E-state index in [-0.39, 0.29) is 50.8 Å². The third-order valence-corrected chi connectivity index (χ3v) is 5.16. The zero-order valence-corrected chi connectivity index (χ0v) is 20.8. The molecule has 0 aliphatic heterocycles. The summed E-state index contributed by atoms with van der Waals surface area (Å²) in [6.07, 6.45) is 12.1. The topological polar surface area (TPSA) is 91.3 Å². The first kappa shape index (κ1) is 30.5. The number of unbranched alkanes of at least 4 members (excludes halogenated alkanes) is 9. The van der Waals surface area contributed by atoms with Gasteiger partial charge in [0.05, 0.1) is 19.8 Å². The molecule has 7 nitrogen and oxygen atoms in total. The fourth-order valence-corrected chi connectivity index (χ4v) is 3.25. The van der Waals surface area contributed by atoms with Crippen LogP contribution in [0.3, 0.4) is 0 Å². The van der Waals surface area contributed by atoms with Crippen LogP contribution in [0.2, 0.25) is 0 Å². The van der Waals surface area contributed by atoms with Crippen molar-refractivity contribution in [1.29, 1.82) is 0 Å². The number of phosphoric acid groups is 1. The maximum atomic E-state index is 12.0. The van der Waals surface area contributed by atoms with Crippen molar-refractivity contribution in [3.8, 4) is 0 Å². The molecule has 28 heavy (non-hydrogen) atoms. The molecule has 1 N–H and O–H groups in total. The van der Waals surface area contributed by atoms with Gasteiger partial charge in [-0.2, -0.15) is 0 Å². The smallest absolute Gasteiger partial charge is 1.00 e. The van der Waals surface area contributed by atoms with Crippen LogP contribution in [0.4, 0.5) is 0 Å². The SMILES string of the molecule is C=C(C)C(=O)OCCCOP(=O)(OO)OCCCCCCCCCCCC.[H-].[Na+]. The van der Waals surface area contributed by atoms with Gasteiger partial charge in [0.15, 0.2) is 0 Å². The van der Waals surface area contributed by atoms with E-state index in [9.17, 15) is 9.36 Å². The van der Waals surface area contributed by atoms with Gasteiger partial charge in [-0.05, 0) is 13.3 Å².